The fraction of sp³-hybridized carbons (Fsp3) is 0.112. The Morgan fingerprint density at radius 3 is 1.13 bits per heavy atom. The first-order valence-corrected chi connectivity index (χ1v) is 43.1. The van der Waals surface area contributed by atoms with E-state index in [2.05, 4.69) is 124 Å². The van der Waals surface area contributed by atoms with Crippen LogP contribution in [0, 0.1) is 11.1 Å². The van der Waals surface area contributed by atoms with Crippen LogP contribution < -0.4 is 27.6 Å². The highest BCUT2D eigenvalue weighted by atomic mass is 35.5. The lowest BCUT2D eigenvalue weighted by Gasteiger charge is -2.19. The first kappa shape index (κ1) is 95.9. The van der Waals surface area contributed by atoms with Gasteiger partial charge in [-0.2, -0.15) is 0 Å². The van der Waals surface area contributed by atoms with Crippen molar-refractivity contribution in [1.82, 2.24) is 70.1 Å². The van der Waals surface area contributed by atoms with E-state index in [1.54, 1.807) is 43.1 Å². The van der Waals surface area contributed by atoms with Gasteiger partial charge in [-0.05, 0) is 153 Å². The number of hydrogen-bond donors (Lipinski definition) is 8. The number of carboxylic acids is 1. The number of alkyl carbamates (subject to hydrolysis) is 2. The number of rotatable bonds is 17. The van der Waals surface area contributed by atoms with Crippen molar-refractivity contribution in [2.24, 2.45) is 11.6 Å². The number of nitrogens with one attached hydrogen (secondary N) is 5. The molecule has 0 spiro atoms. The number of carboxylic acid groups (broad SMARTS) is 1. The number of pyridine rings is 10. The molecule has 135 heavy (non-hydrogen) atoms. The van der Waals surface area contributed by atoms with Gasteiger partial charge in [0.05, 0.1) is 50.4 Å². The molecule has 0 radical (unpaired) electrons. The second-order valence-corrected chi connectivity index (χ2v) is 32.9. The minimum absolute atomic E-state index is 0. The van der Waals surface area contributed by atoms with Crippen molar-refractivity contribution in [3.63, 3.8) is 0 Å². The number of aldehydes is 1. The van der Waals surface area contributed by atoms with Crippen LogP contribution in [-0.4, -0.2) is 100 Å². The van der Waals surface area contributed by atoms with Gasteiger partial charge in [0.1, 0.15) is 33.6 Å². The summed E-state index contributed by atoms with van der Waals surface area (Å²) in [7, 11) is 0. The van der Waals surface area contributed by atoms with E-state index in [9.17, 15) is 19.2 Å². The maximum Gasteiger partial charge on any atom is 0.407 e. The molecule has 0 bridgehead atoms. The van der Waals surface area contributed by atoms with Crippen molar-refractivity contribution in [3.8, 4) is 101 Å². The molecule has 19 aromatic rings. The molecule has 0 fully saturated rings. The number of nitrogen functional groups attached to an aromatic ring is 1. The predicted octanol–water partition coefficient (Wildman–Crippen LogP) is 24.7. The highest BCUT2D eigenvalue weighted by Crippen LogP contribution is 2.41. The summed E-state index contributed by atoms with van der Waals surface area (Å²) < 4.78 is 12.6. The summed E-state index contributed by atoms with van der Waals surface area (Å²) in [4.78, 5) is 85.1. The average molecular weight is 1830 g/mol. The quantitative estimate of drug-likeness (QED) is 0.0138. The molecule has 28 heteroatoms. The number of anilines is 1. The Morgan fingerprint density at radius 1 is 0.422 bits per heavy atom. The van der Waals surface area contributed by atoms with Crippen molar-refractivity contribution in [2.75, 3.05) is 5.43 Å². The highest BCUT2D eigenvalue weighted by Gasteiger charge is 2.23. The highest BCUT2D eigenvalue weighted by molar-refractivity contribution is 6.34. The van der Waals surface area contributed by atoms with Gasteiger partial charge in [-0.1, -0.05) is 249 Å². The number of aromatic nitrogens is 12. The first-order chi connectivity index (χ1) is 65.0. The third-order valence-electron chi connectivity index (χ3n) is 20.8. The molecule has 676 valence electrons. The Hall–Kier alpha value is -16.7. The maximum atomic E-state index is 11.9. The molecule has 8 aromatic carbocycles. The number of halogens is 2. The number of nitrogens with two attached hydrogens (primary N) is 2. The van der Waals surface area contributed by atoms with Crippen LogP contribution in [0.1, 0.15) is 87.8 Å². The number of carbonyl (C=O) groups is 4. The molecule has 0 aliphatic rings. The largest absolute Gasteiger partial charge is 0.478 e. The molecule has 10 N–H and O–H groups in total. The van der Waals surface area contributed by atoms with Gasteiger partial charge < -0.3 is 36.4 Å². The van der Waals surface area contributed by atoms with Crippen LogP contribution in [0.5, 0.6) is 0 Å². The van der Waals surface area contributed by atoms with E-state index in [0.29, 0.717) is 41.3 Å². The Balaban J connectivity index is 0.000000157. The number of aromatic carboxylic acids is 1. The molecular formula is C107H97Cl2N19O7. The van der Waals surface area contributed by atoms with E-state index in [1.807, 2.05) is 246 Å². The van der Waals surface area contributed by atoms with Crippen molar-refractivity contribution in [1.29, 1.82) is 11.1 Å². The van der Waals surface area contributed by atoms with E-state index in [1.165, 1.54) is 24.5 Å². The Bertz CT molecular complexity index is 7310. The second-order valence-electron chi connectivity index (χ2n) is 32.2. The third kappa shape index (κ3) is 24.3. The number of hydrogen-bond acceptors (Lipinski definition) is 22. The normalized spacial score (nSPS) is 10.8. The number of nitrogens with zero attached hydrogens (tertiary/aromatic N) is 12. The number of amides is 2. The number of ether oxygens (including phenoxy) is 2. The molecule has 11 heterocycles. The number of hydrazine groups is 1. The smallest absolute Gasteiger partial charge is 0.407 e. The fourth-order valence-electron chi connectivity index (χ4n) is 14.4. The second kappa shape index (κ2) is 44.8. The summed E-state index contributed by atoms with van der Waals surface area (Å²) in [5.74, 6) is 6.11. The lowest BCUT2D eigenvalue weighted by molar-refractivity contribution is 0.0512. The van der Waals surface area contributed by atoms with Gasteiger partial charge in [-0.25, -0.2) is 66.2 Å². The Morgan fingerprint density at radius 2 is 0.770 bits per heavy atom. The third-order valence-corrected chi connectivity index (χ3v) is 21.4. The SMILES string of the molecule is C.CC(C)(C)OC(=O)NCc1ccc(-c2nc3ccnc(Cl)c3cc2-c2ccccc2)cc1.CC(C)(C)OC(=O)NCc1ccc(-c2nc3ccnc(NN)c3cc2-c2ccccc2)cc1.N=N.NCc1ccc(-c2nc3ccn4c(-c5ccncc5)nnc4c3cc2-c2ccccc2)cc1.O=C(O)c1ccncc1.O=Cc1ccc(-c2nc3ccnc(Cl)c3cc2-c2ccccc2)cc1.[HH]. The van der Waals surface area contributed by atoms with Gasteiger partial charge in [0.15, 0.2) is 11.5 Å². The fourth-order valence-corrected chi connectivity index (χ4v) is 14.8. The summed E-state index contributed by atoms with van der Waals surface area (Å²) in [5.41, 5.74) is 41.9. The molecule has 0 aliphatic heterocycles. The zero-order valence-electron chi connectivity index (χ0n) is 73.7. The summed E-state index contributed by atoms with van der Waals surface area (Å²) in [6, 6.07) is 94.8. The van der Waals surface area contributed by atoms with Crippen LogP contribution in [0.4, 0.5) is 15.4 Å². The topological polar surface area (TPSA) is 389 Å². The van der Waals surface area contributed by atoms with Gasteiger partial charge in [0.2, 0.25) is 0 Å². The summed E-state index contributed by atoms with van der Waals surface area (Å²) in [6.45, 7) is 12.3. The van der Waals surface area contributed by atoms with Crippen molar-refractivity contribution in [3.05, 3.63) is 379 Å². The van der Waals surface area contributed by atoms with Crippen molar-refractivity contribution in [2.45, 2.75) is 79.8 Å². The molecule has 0 saturated heterocycles. The van der Waals surface area contributed by atoms with Gasteiger partial charge in [0.25, 0.3) is 0 Å². The maximum absolute atomic E-state index is 11.9. The van der Waals surface area contributed by atoms with E-state index < -0.39 is 29.4 Å². The summed E-state index contributed by atoms with van der Waals surface area (Å²) in [5, 5.41) is 27.2. The van der Waals surface area contributed by atoms with E-state index in [0.717, 1.165) is 173 Å². The van der Waals surface area contributed by atoms with Crippen LogP contribution in [0.15, 0.2) is 341 Å². The lowest BCUT2D eigenvalue weighted by atomic mass is 9.97. The Kier molecular flexibility index (Phi) is 31.8. The predicted molar refractivity (Wildman–Crippen MR) is 536 cm³/mol. The van der Waals surface area contributed by atoms with Gasteiger partial charge in [-0.3, -0.25) is 19.2 Å². The summed E-state index contributed by atoms with van der Waals surface area (Å²) in [6.07, 6.45) is 13.3. The van der Waals surface area contributed by atoms with E-state index in [4.69, 9.17) is 80.4 Å². The molecular weight excluding hydrogens is 1730 g/mol. The standard InChI is InChI=1S/C27H20N6.C26H24ClN3O2.C26H27N5O2.C21H13ClN2O.C6H5NO2.CH4.H2N2.H2/c28-17-18-6-8-20(9-7-18)25-22(19-4-2-1-3-5-19)16-23-24(30-25)12-15-33-26(31-32-27(23)33)21-10-13-29-14-11-21;1-26(2,3)32-25(31)29-16-17-9-11-19(12-10-17)23-20(18-7-5-4-6-8-18)15-21-22(30-23)13-14-28-24(21)27;1-26(2,3)33-25(32)29-16-17-9-11-19(12-10-17)23-20(18-7-5-4-6-8-18)15-21-22(30-23)13-14-28-24(21)31-27;22-21-18-12-17(15-4-2-1-3-5-15)20(24-19(18)10-11-23-21)16-8-6-14(13-25)7-9-16;8-6(9)5-1-3-7-4-2-5;;1-2;/h1-16H,17,28H2;4-15H,16H2,1-3H3,(H,29,31);4-15H,16,27H2,1-3H3,(H,28,31)(H,29,32);1-13H;1-4H,(H,8,9);1H4;1-2H;1H. The number of carbonyl (C=O) groups excluding carboxylic acids is 3. The molecule has 2 amide bonds. The zero-order chi connectivity index (χ0) is 94.3. The minimum Gasteiger partial charge on any atom is -0.478 e. The van der Waals surface area contributed by atoms with Crippen LogP contribution in [-0.2, 0) is 29.1 Å². The van der Waals surface area contributed by atoms with Crippen LogP contribution in [0.2, 0.25) is 10.3 Å². The molecule has 0 atom stereocenters. The van der Waals surface area contributed by atoms with Gasteiger partial charge >= 0.3 is 18.2 Å². The lowest BCUT2D eigenvalue weighted by Crippen LogP contribution is -2.32. The number of benzene rings is 8. The van der Waals surface area contributed by atoms with Crippen LogP contribution in [0.25, 0.3) is 150 Å². The van der Waals surface area contributed by atoms with Crippen LogP contribution >= 0.6 is 23.2 Å². The average Bonchev–Trinajstić information content (AvgIpc) is 1.52. The molecule has 11 aromatic heterocycles. The molecule has 0 aliphatic carbocycles. The van der Waals surface area contributed by atoms with Gasteiger partial charge in [-0.15, -0.1) is 10.2 Å². The molecule has 0 unspecified atom stereocenters. The molecule has 0 saturated carbocycles. The number of fused-ring (bicyclic) bond motifs is 6. The van der Waals surface area contributed by atoms with Crippen molar-refractivity contribution < 1.29 is 35.2 Å². The molecule has 19 rings (SSSR count). The Labute approximate surface area is 790 Å². The monoisotopic (exact) mass is 1830 g/mol. The van der Waals surface area contributed by atoms with E-state index in [-0.39, 0.29) is 14.4 Å². The van der Waals surface area contributed by atoms with Gasteiger partial charge in [0, 0.05) is 148 Å². The zero-order valence-corrected chi connectivity index (χ0v) is 75.2. The summed E-state index contributed by atoms with van der Waals surface area (Å²) >= 11 is 12.6. The first-order valence-electron chi connectivity index (χ1n) is 42.4. The van der Waals surface area contributed by atoms with Crippen LogP contribution in [0.3, 0.4) is 0 Å². The van der Waals surface area contributed by atoms with Crippen molar-refractivity contribution >= 4 is 103 Å². The minimum atomic E-state index is -0.919. The van der Waals surface area contributed by atoms with E-state index >= 15 is 0 Å². The molecule has 26 nitrogen and oxygen atoms in total.